The molecular weight excluding hydrogens is 164 g/mol. The van der Waals surface area contributed by atoms with E-state index in [1.54, 1.807) is 12.3 Å². The maximum atomic E-state index is 10.3. The van der Waals surface area contributed by atoms with E-state index in [-0.39, 0.29) is 0 Å². The van der Waals surface area contributed by atoms with Crippen molar-refractivity contribution >= 4 is 22.8 Å². The van der Waals surface area contributed by atoms with Crippen LogP contribution in [-0.2, 0) is 0 Å². The number of rotatable bonds is 0. The lowest BCUT2D eigenvalue weighted by Crippen LogP contribution is -2.24. The van der Waals surface area contributed by atoms with Gasteiger partial charge in [0.1, 0.15) is 5.84 Å². The van der Waals surface area contributed by atoms with Gasteiger partial charge in [0.25, 0.3) is 0 Å². The van der Waals surface area contributed by atoms with Crippen molar-refractivity contribution in [3.8, 4) is 0 Å². The third-order valence-electron chi connectivity index (χ3n) is 1.12. The molecule has 58 valence electrons. The zero-order valence-corrected chi connectivity index (χ0v) is 6.51. The summed E-state index contributed by atoms with van der Waals surface area (Å²) in [5.41, 5.74) is 0. The molecule has 3 nitrogen and oxygen atoms in total. The van der Waals surface area contributed by atoms with Gasteiger partial charge in [0.15, 0.2) is 0 Å². The first-order chi connectivity index (χ1) is 5.29. The van der Waals surface area contributed by atoms with Crippen LogP contribution in [0.5, 0.6) is 0 Å². The smallest absolute Gasteiger partial charge is 0.300 e. The molecule has 1 heterocycles. The van der Waals surface area contributed by atoms with Crippen molar-refractivity contribution in [2.24, 2.45) is 4.99 Å². The first-order valence-corrected chi connectivity index (χ1v) is 3.51. The van der Waals surface area contributed by atoms with Crippen molar-refractivity contribution < 1.29 is 4.79 Å². The van der Waals surface area contributed by atoms with Gasteiger partial charge in [-0.15, -0.1) is 0 Å². The van der Waals surface area contributed by atoms with Gasteiger partial charge in [-0.25, -0.2) is 4.99 Å². The van der Waals surface area contributed by atoms with E-state index >= 15 is 0 Å². The number of amidine groups is 1. The van der Waals surface area contributed by atoms with Crippen molar-refractivity contribution in [1.29, 1.82) is 0 Å². The van der Waals surface area contributed by atoms with Crippen molar-refractivity contribution in [2.75, 3.05) is 0 Å². The van der Waals surface area contributed by atoms with Crippen LogP contribution in [0.3, 0.4) is 0 Å². The Kier molecular flexibility index (Phi) is 2.86. The number of allylic oxidation sites excluding steroid dienone is 2. The summed E-state index contributed by atoms with van der Waals surface area (Å²) in [5, 5.41) is 1.79. The minimum atomic E-state index is -0.604. The number of halogens is 1. The Morgan fingerprint density at radius 3 is 3.18 bits per heavy atom. The molecule has 0 saturated heterocycles. The van der Waals surface area contributed by atoms with E-state index in [2.05, 4.69) is 10.3 Å². The van der Waals surface area contributed by atoms with Gasteiger partial charge in [-0.3, -0.25) is 4.79 Å². The maximum absolute atomic E-state index is 10.3. The van der Waals surface area contributed by atoms with Gasteiger partial charge < -0.3 is 5.32 Å². The predicted octanol–water partition coefficient (Wildman–Crippen LogP) is 1.81. The average Bonchev–Trinajstić information content (AvgIpc) is 2.14. The largest absolute Gasteiger partial charge is 0.319 e. The molecule has 1 N–H and O–H groups in total. The van der Waals surface area contributed by atoms with Crippen molar-refractivity contribution in [3.05, 3.63) is 24.4 Å². The zero-order valence-electron chi connectivity index (χ0n) is 5.75. The van der Waals surface area contributed by atoms with Gasteiger partial charge in [-0.05, 0) is 17.7 Å². The molecule has 4 heteroatoms. The lowest BCUT2D eigenvalue weighted by Gasteiger charge is -1.98. The van der Waals surface area contributed by atoms with E-state index < -0.39 is 5.37 Å². The fourth-order valence-electron chi connectivity index (χ4n) is 0.690. The van der Waals surface area contributed by atoms with Gasteiger partial charge in [0, 0.05) is 12.6 Å². The third kappa shape index (κ3) is 3.00. The molecule has 1 aliphatic heterocycles. The molecule has 1 amide bonds. The number of nitrogens with zero attached hydrogens (tertiary/aromatic N) is 1. The van der Waals surface area contributed by atoms with Gasteiger partial charge in [0.2, 0.25) is 0 Å². The van der Waals surface area contributed by atoms with Gasteiger partial charge >= 0.3 is 5.37 Å². The first kappa shape index (κ1) is 8.01. The Balaban J connectivity index is 2.57. The molecule has 0 atom stereocenters. The summed E-state index contributed by atoms with van der Waals surface area (Å²) in [5.74, 6) is 0.565. The molecule has 1 rings (SSSR count). The lowest BCUT2D eigenvalue weighted by atomic mass is 10.3. The minimum absolute atomic E-state index is 0.565. The summed E-state index contributed by atoms with van der Waals surface area (Å²) >= 11 is 5.09. The second-order valence-corrected chi connectivity index (χ2v) is 2.29. The van der Waals surface area contributed by atoms with E-state index in [0.29, 0.717) is 12.3 Å². The van der Waals surface area contributed by atoms with E-state index in [0.717, 1.165) is 0 Å². The van der Waals surface area contributed by atoms with Gasteiger partial charge in [-0.1, -0.05) is 12.2 Å². The number of aliphatic imine (C=N–C) groups is 1. The highest BCUT2D eigenvalue weighted by Crippen LogP contribution is 1.95. The second kappa shape index (κ2) is 3.93. The van der Waals surface area contributed by atoms with Crippen LogP contribution in [0.4, 0.5) is 4.79 Å². The van der Waals surface area contributed by atoms with Crippen molar-refractivity contribution in [2.45, 2.75) is 6.42 Å². The van der Waals surface area contributed by atoms with Crippen LogP contribution >= 0.6 is 11.6 Å². The minimum Gasteiger partial charge on any atom is -0.300 e. The Morgan fingerprint density at radius 1 is 1.64 bits per heavy atom. The molecule has 0 aliphatic carbocycles. The third-order valence-corrected chi connectivity index (χ3v) is 1.21. The molecule has 0 aromatic heterocycles. The van der Waals surface area contributed by atoms with Crippen LogP contribution in [0, 0.1) is 0 Å². The van der Waals surface area contributed by atoms with Crippen LogP contribution in [0.25, 0.3) is 0 Å². The summed E-state index contributed by atoms with van der Waals surface area (Å²) in [6.07, 6.45) is 7.73. The molecule has 0 fully saturated rings. The topological polar surface area (TPSA) is 41.5 Å². The van der Waals surface area contributed by atoms with Crippen LogP contribution in [0.1, 0.15) is 6.42 Å². The van der Waals surface area contributed by atoms with Crippen molar-refractivity contribution in [1.82, 2.24) is 5.32 Å². The van der Waals surface area contributed by atoms with Gasteiger partial charge in [0.05, 0.1) is 0 Å². The molecule has 0 bridgehead atoms. The average molecular weight is 171 g/mol. The standard InChI is InChI=1S/C7H7ClN2O/c8-7(11)10-6-4-2-1-3-5-9-6/h1-3,5H,4H2,(H,9,10,11). The first-order valence-electron chi connectivity index (χ1n) is 3.14. The van der Waals surface area contributed by atoms with E-state index in [1.807, 2.05) is 12.2 Å². The molecule has 0 radical (unpaired) electrons. The summed E-state index contributed by atoms with van der Waals surface area (Å²) in [4.78, 5) is 14.3. The molecule has 0 unspecified atom stereocenters. The number of carbonyl (C=O) groups is 1. The maximum Gasteiger partial charge on any atom is 0.319 e. The Morgan fingerprint density at radius 2 is 2.45 bits per heavy atom. The van der Waals surface area contributed by atoms with Crippen molar-refractivity contribution in [3.63, 3.8) is 0 Å². The number of amides is 1. The normalized spacial score (nSPS) is 15.5. The zero-order chi connectivity index (χ0) is 8.10. The van der Waals surface area contributed by atoms with Crippen LogP contribution in [0.15, 0.2) is 29.4 Å². The Bertz CT molecular complexity index is 243. The quantitative estimate of drug-likeness (QED) is 0.437. The van der Waals surface area contributed by atoms with E-state index in [9.17, 15) is 4.79 Å². The number of nitrogens with one attached hydrogen (secondary N) is 1. The molecule has 0 spiro atoms. The SMILES string of the molecule is O=C(Cl)NC1=NC=CC=CC1. The Labute approximate surface area is 69.5 Å². The van der Waals surface area contributed by atoms with E-state index in [1.165, 1.54) is 0 Å². The van der Waals surface area contributed by atoms with Crippen LogP contribution in [-0.4, -0.2) is 11.2 Å². The summed E-state index contributed by atoms with van der Waals surface area (Å²) in [7, 11) is 0. The fourth-order valence-corrected chi connectivity index (χ4v) is 0.799. The summed E-state index contributed by atoms with van der Waals surface area (Å²) in [6.45, 7) is 0. The molecule has 11 heavy (non-hydrogen) atoms. The van der Waals surface area contributed by atoms with Gasteiger partial charge in [-0.2, -0.15) is 0 Å². The lowest BCUT2D eigenvalue weighted by molar-refractivity contribution is 0.263. The highest BCUT2D eigenvalue weighted by molar-refractivity contribution is 6.64. The van der Waals surface area contributed by atoms with Crippen LogP contribution < -0.4 is 5.32 Å². The second-order valence-electron chi connectivity index (χ2n) is 1.95. The molecule has 0 aromatic rings. The summed E-state index contributed by atoms with van der Waals surface area (Å²) in [6, 6.07) is 0. The predicted molar refractivity (Wildman–Crippen MR) is 44.7 cm³/mol. The highest BCUT2D eigenvalue weighted by Gasteiger charge is 1.99. The van der Waals surface area contributed by atoms with Crippen LogP contribution in [0.2, 0.25) is 0 Å². The highest BCUT2D eigenvalue weighted by atomic mass is 35.5. The fraction of sp³-hybridized carbons (Fsp3) is 0.143. The number of carbonyl (C=O) groups excluding carboxylic acids is 1. The molecule has 1 aliphatic rings. The Hall–Kier alpha value is -1.09. The van der Waals surface area contributed by atoms with E-state index in [4.69, 9.17) is 11.6 Å². The monoisotopic (exact) mass is 170 g/mol. The molecular formula is C7H7ClN2O. The molecule has 0 saturated carbocycles. The number of hydrogen-bond donors (Lipinski definition) is 1. The summed E-state index contributed by atoms with van der Waals surface area (Å²) < 4.78 is 0. The number of hydrogen-bond acceptors (Lipinski definition) is 2. The molecule has 0 aromatic carbocycles.